The van der Waals surface area contributed by atoms with Gasteiger partial charge in [-0.15, -0.1) is 0 Å². The molecule has 5 heterocycles. The van der Waals surface area contributed by atoms with Gasteiger partial charge in [0.05, 0.1) is 33.0 Å². The van der Waals surface area contributed by atoms with Crippen LogP contribution in [0.2, 0.25) is 0 Å². The summed E-state index contributed by atoms with van der Waals surface area (Å²) in [5, 5.41) is 7.30. The Kier molecular flexibility index (Phi) is 6.07. The fourth-order valence-corrected chi connectivity index (χ4v) is 9.29. The Morgan fingerprint density at radius 1 is 0.351 bits per heavy atom. The smallest absolute Gasteiger partial charge is 0.164 e. The quantitative estimate of drug-likeness (QED) is 0.177. The number of fused-ring (bicyclic) bond motifs is 4. The van der Waals surface area contributed by atoms with Crippen molar-refractivity contribution in [2.45, 2.75) is 0 Å². The minimum atomic E-state index is 0.633. The Balaban J connectivity index is 1.01. The number of aromatic nitrogens is 5. The molecule has 0 N–H and O–H groups in total. The van der Waals surface area contributed by atoms with Crippen LogP contribution >= 0.6 is 0 Å². The van der Waals surface area contributed by atoms with Gasteiger partial charge in [0.25, 0.3) is 0 Å². The van der Waals surface area contributed by atoms with Gasteiger partial charge in [-0.1, -0.05) is 121 Å². The molecule has 0 radical (unpaired) electrons. The lowest BCUT2D eigenvalue weighted by atomic mass is 9.98. The van der Waals surface area contributed by atoms with E-state index in [0.29, 0.717) is 17.5 Å². The van der Waals surface area contributed by atoms with Crippen LogP contribution in [0.5, 0.6) is 0 Å². The van der Waals surface area contributed by atoms with Gasteiger partial charge < -0.3 is 13.4 Å². The molecule has 264 valence electrons. The van der Waals surface area contributed by atoms with Gasteiger partial charge in [0, 0.05) is 49.3 Å². The summed E-state index contributed by atoms with van der Waals surface area (Å²) in [5.74, 6) is 1.92. The number of rotatable bonds is 5. The minimum absolute atomic E-state index is 0.633. The lowest BCUT2D eigenvalue weighted by molar-refractivity contribution is 0.669. The van der Waals surface area contributed by atoms with Gasteiger partial charge in [0.2, 0.25) is 0 Å². The maximum atomic E-state index is 6.59. The maximum absolute atomic E-state index is 6.59. The van der Waals surface area contributed by atoms with Crippen LogP contribution in [-0.2, 0) is 0 Å². The van der Waals surface area contributed by atoms with E-state index in [-0.39, 0.29) is 0 Å². The van der Waals surface area contributed by atoms with Crippen molar-refractivity contribution in [1.82, 2.24) is 23.9 Å². The van der Waals surface area contributed by atoms with Crippen molar-refractivity contribution in [3.63, 3.8) is 0 Å². The predicted molar refractivity (Wildman–Crippen MR) is 232 cm³/mol. The van der Waals surface area contributed by atoms with Gasteiger partial charge in [-0.25, -0.2) is 15.0 Å². The predicted octanol–water partition coefficient (Wildman–Crippen LogP) is 13.0. The molecule has 0 aliphatic rings. The van der Waals surface area contributed by atoms with E-state index >= 15 is 0 Å². The normalized spacial score (nSPS) is 12.2. The Morgan fingerprint density at radius 2 is 0.947 bits per heavy atom. The first-order valence-corrected chi connectivity index (χ1v) is 19.2. The fraction of sp³-hybridized carbons (Fsp3) is 0. The summed E-state index contributed by atoms with van der Waals surface area (Å²) in [5.41, 5.74) is 13.8. The summed E-state index contributed by atoms with van der Waals surface area (Å²) in [6, 6.07) is 61.7. The van der Waals surface area contributed by atoms with Crippen molar-refractivity contribution in [2.24, 2.45) is 0 Å². The molecule has 0 saturated carbocycles. The van der Waals surface area contributed by atoms with Crippen LogP contribution in [0.15, 0.2) is 180 Å². The average molecular weight is 728 g/mol. The Hall–Kier alpha value is -7.83. The van der Waals surface area contributed by atoms with Gasteiger partial charge in [-0.3, -0.25) is 0 Å². The van der Waals surface area contributed by atoms with Crippen molar-refractivity contribution in [3.8, 4) is 51.0 Å². The first-order chi connectivity index (χ1) is 28.3. The van der Waals surface area contributed by atoms with E-state index in [1.165, 1.54) is 48.9 Å². The monoisotopic (exact) mass is 727 g/mol. The standard InChI is InChI=1S/C51H29N5O/c1-3-12-31(13-4-1)49-52-50(32-14-5-2-6-15-32)54-51(53-49)37-18-8-7-16-34(37)30-22-24-33(25-23-30)55-39-20-11-21-40-44(39)45-41(55)27-29-42-46(45)47-43(57-42)28-26-36-35-17-9-10-19-38(35)56(40)48(36)47/h1-29H. The Morgan fingerprint density at radius 3 is 1.72 bits per heavy atom. The summed E-state index contributed by atoms with van der Waals surface area (Å²) in [6.07, 6.45) is 0. The van der Waals surface area contributed by atoms with Gasteiger partial charge in [0.1, 0.15) is 11.2 Å². The molecule has 13 aromatic rings. The topological polar surface area (TPSA) is 61.2 Å². The molecule has 0 unspecified atom stereocenters. The lowest BCUT2D eigenvalue weighted by Gasteiger charge is -2.13. The van der Waals surface area contributed by atoms with Crippen LogP contribution in [0.25, 0.3) is 122 Å². The second kappa shape index (κ2) is 11.4. The van der Waals surface area contributed by atoms with E-state index in [9.17, 15) is 0 Å². The number of hydrogen-bond acceptors (Lipinski definition) is 4. The SMILES string of the molecule is c1ccc(-c2nc(-c3ccccc3)nc(-c3ccccc3-c3ccc(-n4c5ccc6oc7ccc8c9ccccc9n9c%10cccc4c%10c5c6c7c89)cc3)n2)cc1. The molecule has 8 aromatic carbocycles. The highest BCUT2D eigenvalue weighted by Gasteiger charge is 2.26. The first-order valence-electron chi connectivity index (χ1n) is 19.2. The summed E-state index contributed by atoms with van der Waals surface area (Å²) in [7, 11) is 0. The molecule has 57 heavy (non-hydrogen) atoms. The van der Waals surface area contributed by atoms with Crippen LogP contribution in [0.3, 0.4) is 0 Å². The van der Waals surface area contributed by atoms with Crippen LogP contribution in [0.4, 0.5) is 0 Å². The second-order valence-electron chi connectivity index (χ2n) is 14.8. The minimum Gasteiger partial charge on any atom is -0.456 e. The molecule has 5 aromatic heterocycles. The average Bonchev–Trinajstić information content (AvgIpc) is 3.91. The summed E-state index contributed by atoms with van der Waals surface area (Å²) >= 11 is 0. The summed E-state index contributed by atoms with van der Waals surface area (Å²) in [6.45, 7) is 0. The molecule has 0 spiro atoms. The van der Waals surface area contributed by atoms with E-state index in [0.717, 1.165) is 55.7 Å². The highest BCUT2D eigenvalue weighted by molar-refractivity contribution is 6.37. The molecule has 0 saturated heterocycles. The highest BCUT2D eigenvalue weighted by Crippen LogP contribution is 2.48. The van der Waals surface area contributed by atoms with E-state index in [1.807, 2.05) is 60.7 Å². The van der Waals surface area contributed by atoms with Gasteiger partial charge in [0.15, 0.2) is 17.5 Å². The van der Waals surface area contributed by atoms with Crippen molar-refractivity contribution in [1.29, 1.82) is 0 Å². The molecular formula is C51H29N5O. The fourth-order valence-electron chi connectivity index (χ4n) is 9.29. The van der Waals surface area contributed by atoms with Gasteiger partial charge in [-0.2, -0.15) is 0 Å². The van der Waals surface area contributed by atoms with E-state index in [1.54, 1.807) is 0 Å². The Bertz CT molecular complexity index is 3610. The van der Waals surface area contributed by atoms with Crippen molar-refractivity contribution >= 4 is 71.1 Å². The zero-order chi connectivity index (χ0) is 37.2. The first kappa shape index (κ1) is 30.5. The third-order valence-corrected chi connectivity index (χ3v) is 11.7. The second-order valence-corrected chi connectivity index (χ2v) is 14.8. The van der Waals surface area contributed by atoms with Gasteiger partial charge in [-0.05, 0) is 65.7 Å². The zero-order valence-corrected chi connectivity index (χ0v) is 30.4. The Labute approximate surface area is 325 Å². The third kappa shape index (κ3) is 4.21. The zero-order valence-electron chi connectivity index (χ0n) is 30.4. The maximum Gasteiger partial charge on any atom is 0.164 e. The molecule has 0 aliphatic heterocycles. The molecule has 0 atom stereocenters. The highest BCUT2D eigenvalue weighted by atomic mass is 16.3. The van der Waals surface area contributed by atoms with Crippen molar-refractivity contribution in [3.05, 3.63) is 176 Å². The molecule has 0 aliphatic carbocycles. The molecule has 0 bridgehead atoms. The van der Waals surface area contributed by atoms with E-state index in [2.05, 4.69) is 124 Å². The molecule has 6 heteroatoms. The summed E-state index contributed by atoms with van der Waals surface area (Å²) < 4.78 is 11.5. The number of para-hydroxylation sites is 1. The van der Waals surface area contributed by atoms with E-state index in [4.69, 9.17) is 19.4 Å². The van der Waals surface area contributed by atoms with Crippen LogP contribution in [0.1, 0.15) is 0 Å². The third-order valence-electron chi connectivity index (χ3n) is 11.7. The number of furan rings is 1. The number of nitrogens with zero attached hydrogens (tertiary/aromatic N) is 5. The largest absolute Gasteiger partial charge is 0.456 e. The summed E-state index contributed by atoms with van der Waals surface area (Å²) in [4.78, 5) is 15.0. The molecular weight excluding hydrogens is 699 g/mol. The van der Waals surface area contributed by atoms with Crippen LogP contribution < -0.4 is 0 Å². The van der Waals surface area contributed by atoms with Crippen LogP contribution in [-0.4, -0.2) is 23.9 Å². The van der Waals surface area contributed by atoms with Crippen LogP contribution in [0, 0.1) is 0 Å². The number of benzene rings is 8. The van der Waals surface area contributed by atoms with E-state index < -0.39 is 0 Å². The molecule has 0 fully saturated rings. The number of hydrogen-bond donors (Lipinski definition) is 0. The lowest BCUT2D eigenvalue weighted by Crippen LogP contribution is -2.01. The molecule has 0 amide bonds. The molecule has 6 nitrogen and oxygen atoms in total. The van der Waals surface area contributed by atoms with Crippen molar-refractivity contribution in [2.75, 3.05) is 0 Å². The van der Waals surface area contributed by atoms with Crippen molar-refractivity contribution < 1.29 is 4.42 Å². The molecule has 13 rings (SSSR count). The van der Waals surface area contributed by atoms with Gasteiger partial charge >= 0.3 is 0 Å².